The number of allylic oxidation sites excluding steroid dienone is 2. The molecule has 0 bridgehead atoms. The molecule has 0 saturated carbocycles. The number of ether oxygens (including phenoxy) is 1. The lowest BCUT2D eigenvalue weighted by molar-refractivity contribution is -0.313. The van der Waals surface area contributed by atoms with Crippen LogP contribution in [0, 0.1) is 0 Å². The molecule has 1 aliphatic rings. The maximum atomic E-state index is 12.2. The molecule has 0 N–H and O–H groups in total. The van der Waals surface area contributed by atoms with Crippen molar-refractivity contribution in [3.8, 4) is 0 Å². The highest BCUT2D eigenvalue weighted by atomic mass is 35.5. The van der Waals surface area contributed by atoms with Crippen LogP contribution in [0.3, 0.4) is 0 Å². The Balaban J connectivity index is 2.88. The van der Waals surface area contributed by atoms with Crippen LogP contribution in [0.4, 0.5) is 26.3 Å². The topological polar surface area (TPSA) is 9.23 Å². The van der Waals surface area contributed by atoms with E-state index in [1.165, 1.54) is 0 Å². The molecule has 0 radical (unpaired) electrons. The summed E-state index contributed by atoms with van der Waals surface area (Å²) in [5, 5.41) is -0.0604. The van der Waals surface area contributed by atoms with E-state index < -0.39 is 24.2 Å². The van der Waals surface area contributed by atoms with E-state index in [9.17, 15) is 26.3 Å². The summed E-state index contributed by atoms with van der Waals surface area (Å²) in [6.07, 6.45) is -13.5. The van der Waals surface area contributed by atoms with E-state index in [0.29, 0.717) is 12.8 Å². The summed E-state index contributed by atoms with van der Waals surface area (Å²) in [5.41, 5.74) is 0. The molecule has 0 heterocycles. The monoisotopic (exact) mass is 282 g/mol. The standard InChI is InChI=1S/C9H9ClF6O/c10-5-3-1-2-4-6(5)17-7(8(11,12)13)9(14,15)16/h7H,1-4H2. The summed E-state index contributed by atoms with van der Waals surface area (Å²) in [6.45, 7) is 0. The largest absolute Gasteiger partial charge is 0.475 e. The molecule has 0 aromatic rings. The van der Waals surface area contributed by atoms with Crippen LogP contribution < -0.4 is 0 Å². The van der Waals surface area contributed by atoms with Crippen LogP contribution in [-0.4, -0.2) is 18.5 Å². The van der Waals surface area contributed by atoms with Crippen molar-refractivity contribution >= 4 is 11.6 Å². The van der Waals surface area contributed by atoms with Crippen molar-refractivity contribution in [1.29, 1.82) is 0 Å². The molecule has 17 heavy (non-hydrogen) atoms. The third-order valence-corrected chi connectivity index (χ3v) is 2.61. The van der Waals surface area contributed by atoms with Gasteiger partial charge in [0.05, 0.1) is 5.03 Å². The molecular formula is C9H9ClF6O. The molecule has 0 atom stereocenters. The second kappa shape index (κ2) is 4.96. The van der Waals surface area contributed by atoms with E-state index in [4.69, 9.17) is 11.6 Å². The van der Waals surface area contributed by atoms with Crippen molar-refractivity contribution in [2.45, 2.75) is 44.1 Å². The highest BCUT2D eigenvalue weighted by Crippen LogP contribution is 2.39. The van der Waals surface area contributed by atoms with Crippen molar-refractivity contribution < 1.29 is 31.1 Å². The fourth-order valence-corrected chi connectivity index (χ4v) is 1.70. The van der Waals surface area contributed by atoms with Gasteiger partial charge in [0.2, 0.25) is 0 Å². The highest BCUT2D eigenvalue weighted by molar-refractivity contribution is 6.29. The zero-order chi connectivity index (χ0) is 13.3. The SMILES string of the molecule is FC(F)(F)C(OC1=C(Cl)CCCC1)C(F)(F)F. The lowest BCUT2D eigenvalue weighted by atomic mass is 10.1. The van der Waals surface area contributed by atoms with Gasteiger partial charge in [-0.3, -0.25) is 0 Å². The first-order valence-electron chi connectivity index (χ1n) is 4.80. The molecule has 100 valence electrons. The van der Waals surface area contributed by atoms with Crippen molar-refractivity contribution in [3.63, 3.8) is 0 Å². The summed E-state index contributed by atoms with van der Waals surface area (Å²) in [7, 11) is 0. The van der Waals surface area contributed by atoms with E-state index in [1.807, 2.05) is 0 Å². The van der Waals surface area contributed by atoms with E-state index in [-0.39, 0.29) is 17.9 Å². The van der Waals surface area contributed by atoms with Crippen LogP contribution >= 0.6 is 11.6 Å². The summed E-state index contributed by atoms with van der Waals surface area (Å²) in [4.78, 5) is 0. The summed E-state index contributed by atoms with van der Waals surface area (Å²) in [5.74, 6) is -0.405. The molecule has 0 aliphatic heterocycles. The second-order valence-electron chi connectivity index (χ2n) is 3.62. The average molecular weight is 283 g/mol. The van der Waals surface area contributed by atoms with Crippen molar-refractivity contribution in [2.24, 2.45) is 0 Å². The Morgan fingerprint density at radius 1 is 0.941 bits per heavy atom. The fraction of sp³-hybridized carbons (Fsp3) is 0.778. The molecule has 8 heteroatoms. The second-order valence-corrected chi connectivity index (χ2v) is 4.07. The first-order valence-corrected chi connectivity index (χ1v) is 5.18. The van der Waals surface area contributed by atoms with Gasteiger partial charge in [-0.25, -0.2) is 0 Å². The van der Waals surface area contributed by atoms with Gasteiger partial charge in [-0.2, -0.15) is 26.3 Å². The molecule has 0 fully saturated rings. The Kier molecular flexibility index (Phi) is 4.22. The Morgan fingerprint density at radius 3 is 1.82 bits per heavy atom. The van der Waals surface area contributed by atoms with Gasteiger partial charge in [-0.1, -0.05) is 11.6 Å². The predicted octanol–water partition coefficient (Wildman–Crippen LogP) is 4.52. The number of hydrogen-bond acceptors (Lipinski definition) is 1. The van der Waals surface area contributed by atoms with E-state index >= 15 is 0 Å². The third kappa shape index (κ3) is 3.97. The first kappa shape index (κ1) is 14.5. The van der Waals surface area contributed by atoms with Crippen LogP contribution in [0.15, 0.2) is 10.8 Å². The van der Waals surface area contributed by atoms with Gasteiger partial charge in [0.1, 0.15) is 5.76 Å². The molecule has 1 aliphatic carbocycles. The molecular weight excluding hydrogens is 274 g/mol. The Labute approximate surface area is 98.4 Å². The third-order valence-electron chi connectivity index (χ3n) is 2.21. The maximum Gasteiger partial charge on any atom is 0.434 e. The molecule has 0 saturated heterocycles. The minimum absolute atomic E-state index is 0.00148. The van der Waals surface area contributed by atoms with E-state index in [0.717, 1.165) is 0 Å². The van der Waals surface area contributed by atoms with Crippen molar-refractivity contribution in [2.75, 3.05) is 0 Å². The van der Waals surface area contributed by atoms with Gasteiger partial charge >= 0.3 is 12.4 Å². The summed E-state index contributed by atoms with van der Waals surface area (Å²) >= 11 is 5.55. The number of halogens is 7. The van der Waals surface area contributed by atoms with Crippen LogP contribution in [0.25, 0.3) is 0 Å². The Morgan fingerprint density at radius 2 is 1.41 bits per heavy atom. The van der Waals surface area contributed by atoms with Gasteiger partial charge in [0.15, 0.2) is 0 Å². The lowest BCUT2D eigenvalue weighted by Crippen LogP contribution is -2.44. The van der Waals surface area contributed by atoms with E-state index in [1.54, 1.807) is 0 Å². The Hall–Kier alpha value is -0.590. The van der Waals surface area contributed by atoms with E-state index in [2.05, 4.69) is 4.74 Å². The number of rotatable bonds is 2. The molecule has 0 spiro atoms. The van der Waals surface area contributed by atoms with Crippen LogP contribution in [-0.2, 0) is 4.74 Å². The number of hydrogen-bond donors (Lipinski definition) is 0. The molecule has 1 nitrogen and oxygen atoms in total. The van der Waals surface area contributed by atoms with Crippen molar-refractivity contribution in [1.82, 2.24) is 0 Å². The molecule has 0 amide bonds. The fourth-order valence-electron chi connectivity index (χ4n) is 1.43. The van der Waals surface area contributed by atoms with Gasteiger partial charge < -0.3 is 4.74 Å². The molecule has 0 aromatic heterocycles. The first-order chi connectivity index (χ1) is 7.62. The molecule has 1 rings (SSSR count). The highest BCUT2D eigenvalue weighted by Gasteiger charge is 2.59. The summed E-state index contributed by atoms with van der Waals surface area (Å²) in [6, 6.07) is 0. The molecule has 0 unspecified atom stereocenters. The number of alkyl halides is 6. The van der Waals surface area contributed by atoms with Gasteiger partial charge in [0, 0.05) is 6.42 Å². The minimum Gasteiger partial charge on any atom is -0.475 e. The maximum absolute atomic E-state index is 12.2. The van der Waals surface area contributed by atoms with Gasteiger partial charge in [-0.15, -0.1) is 0 Å². The average Bonchev–Trinajstić information content (AvgIpc) is 2.12. The quantitative estimate of drug-likeness (QED) is 0.677. The zero-order valence-electron chi connectivity index (χ0n) is 8.46. The smallest absolute Gasteiger partial charge is 0.434 e. The predicted molar refractivity (Wildman–Crippen MR) is 48.3 cm³/mol. The van der Waals surface area contributed by atoms with Gasteiger partial charge in [-0.05, 0) is 19.3 Å². The Bertz CT molecular complexity index is 292. The normalized spacial score (nSPS) is 18.8. The van der Waals surface area contributed by atoms with Crippen molar-refractivity contribution in [3.05, 3.63) is 10.8 Å². The van der Waals surface area contributed by atoms with Crippen LogP contribution in [0.2, 0.25) is 0 Å². The minimum atomic E-state index is -5.50. The van der Waals surface area contributed by atoms with Gasteiger partial charge in [0.25, 0.3) is 6.10 Å². The van der Waals surface area contributed by atoms with Crippen LogP contribution in [0.1, 0.15) is 25.7 Å². The zero-order valence-corrected chi connectivity index (χ0v) is 9.22. The van der Waals surface area contributed by atoms with Crippen LogP contribution in [0.5, 0.6) is 0 Å². The molecule has 0 aromatic carbocycles. The lowest BCUT2D eigenvalue weighted by Gasteiger charge is -2.27. The summed E-state index contributed by atoms with van der Waals surface area (Å²) < 4.78 is 77.2.